The summed E-state index contributed by atoms with van der Waals surface area (Å²) < 4.78 is 5.75. The van der Waals surface area contributed by atoms with Crippen LogP contribution in [0.25, 0.3) is 0 Å². The molecule has 0 spiro atoms. The molecule has 1 fully saturated rings. The Morgan fingerprint density at radius 2 is 1.72 bits per heavy atom. The molecule has 0 radical (unpaired) electrons. The first-order valence-electron chi connectivity index (χ1n) is 9.33. The molecule has 2 aromatic carbocycles. The van der Waals surface area contributed by atoms with Crippen molar-refractivity contribution < 1.29 is 9.53 Å². The molecular formula is C21H28Cl3N3O2. The van der Waals surface area contributed by atoms with Crippen LogP contribution < -0.4 is 15.8 Å². The Labute approximate surface area is 189 Å². The number of hydrogen-bond acceptors (Lipinski definition) is 4. The number of likely N-dealkylation sites (tertiary alicyclic amines) is 1. The molecule has 1 aliphatic rings. The predicted octanol–water partition coefficient (Wildman–Crippen LogP) is 3.84. The summed E-state index contributed by atoms with van der Waals surface area (Å²) >= 11 is 5.87. The number of piperidine rings is 1. The summed E-state index contributed by atoms with van der Waals surface area (Å²) in [6, 6.07) is 16.4. The molecule has 8 heteroatoms. The third-order valence-corrected chi connectivity index (χ3v) is 5.12. The lowest BCUT2D eigenvalue weighted by molar-refractivity contribution is -0.123. The highest BCUT2D eigenvalue weighted by Gasteiger charge is 2.23. The third-order valence-electron chi connectivity index (χ3n) is 4.87. The molecule has 0 aliphatic carbocycles. The highest BCUT2D eigenvalue weighted by atomic mass is 35.5. The number of amides is 1. The van der Waals surface area contributed by atoms with Crippen LogP contribution in [0.5, 0.6) is 5.75 Å². The van der Waals surface area contributed by atoms with Gasteiger partial charge in [0.05, 0.1) is 0 Å². The monoisotopic (exact) mass is 459 g/mol. The van der Waals surface area contributed by atoms with Crippen LogP contribution in [-0.2, 0) is 4.79 Å². The zero-order valence-corrected chi connectivity index (χ0v) is 18.5. The minimum atomic E-state index is -0.614. The topological polar surface area (TPSA) is 67.6 Å². The fourth-order valence-electron chi connectivity index (χ4n) is 3.23. The van der Waals surface area contributed by atoms with Gasteiger partial charge >= 0.3 is 0 Å². The lowest BCUT2D eigenvalue weighted by atomic mass is 10.0. The first-order chi connectivity index (χ1) is 13.1. The van der Waals surface area contributed by atoms with Crippen molar-refractivity contribution in [2.24, 2.45) is 5.73 Å². The second kappa shape index (κ2) is 12.9. The van der Waals surface area contributed by atoms with Crippen LogP contribution in [-0.4, -0.2) is 43.1 Å². The van der Waals surface area contributed by atoms with Gasteiger partial charge in [-0.1, -0.05) is 41.9 Å². The number of hydrogen-bond donors (Lipinski definition) is 2. The highest BCUT2D eigenvalue weighted by Crippen LogP contribution is 2.16. The van der Waals surface area contributed by atoms with Crippen LogP contribution in [0.3, 0.4) is 0 Å². The minimum Gasteiger partial charge on any atom is -0.492 e. The van der Waals surface area contributed by atoms with E-state index in [9.17, 15) is 4.79 Å². The molecule has 29 heavy (non-hydrogen) atoms. The van der Waals surface area contributed by atoms with Gasteiger partial charge in [0.15, 0.2) is 0 Å². The Balaban J connectivity index is 0.00000210. The minimum absolute atomic E-state index is 0. The van der Waals surface area contributed by atoms with Gasteiger partial charge in [-0.05, 0) is 42.7 Å². The molecule has 1 heterocycles. The highest BCUT2D eigenvalue weighted by molar-refractivity contribution is 6.30. The molecule has 1 amide bonds. The molecular weight excluding hydrogens is 433 g/mol. The van der Waals surface area contributed by atoms with E-state index in [2.05, 4.69) is 10.2 Å². The summed E-state index contributed by atoms with van der Waals surface area (Å²) in [7, 11) is 0. The normalized spacial score (nSPS) is 15.5. The molecule has 1 unspecified atom stereocenters. The fourth-order valence-corrected chi connectivity index (χ4v) is 3.35. The van der Waals surface area contributed by atoms with Crippen molar-refractivity contribution in [3.63, 3.8) is 0 Å². The van der Waals surface area contributed by atoms with Crippen LogP contribution in [0.1, 0.15) is 24.4 Å². The molecule has 3 N–H and O–H groups in total. The van der Waals surface area contributed by atoms with E-state index in [1.165, 1.54) is 0 Å². The predicted molar refractivity (Wildman–Crippen MR) is 122 cm³/mol. The number of rotatable bonds is 7. The first kappa shape index (κ1) is 25.5. The molecule has 5 nitrogen and oxygen atoms in total. The summed E-state index contributed by atoms with van der Waals surface area (Å²) in [6.45, 7) is 3.38. The van der Waals surface area contributed by atoms with Gasteiger partial charge in [-0.3, -0.25) is 9.69 Å². The summed E-state index contributed by atoms with van der Waals surface area (Å²) in [5.41, 5.74) is 6.91. The van der Waals surface area contributed by atoms with Crippen molar-refractivity contribution in [2.75, 3.05) is 26.2 Å². The van der Waals surface area contributed by atoms with Gasteiger partial charge in [0, 0.05) is 30.7 Å². The smallest absolute Gasteiger partial charge is 0.241 e. The molecule has 160 valence electrons. The lowest BCUT2D eigenvalue weighted by Crippen LogP contribution is -2.47. The van der Waals surface area contributed by atoms with E-state index in [0.717, 1.165) is 43.8 Å². The van der Waals surface area contributed by atoms with E-state index in [-0.39, 0.29) is 36.8 Å². The standard InChI is InChI=1S/C21H26ClN3O2.2ClH/c22-17-6-8-19(9-7-17)27-15-14-25-12-10-18(11-13-25)24-21(26)20(23)16-4-2-1-3-5-16;;/h1-9,18,20H,10-15,23H2,(H,24,26);2*1H. The number of nitrogens with two attached hydrogens (primary N) is 1. The maximum absolute atomic E-state index is 12.4. The van der Waals surface area contributed by atoms with Crippen molar-refractivity contribution >= 4 is 42.3 Å². The molecule has 0 aromatic heterocycles. The fraction of sp³-hybridized carbons (Fsp3) is 0.381. The van der Waals surface area contributed by atoms with Crippen molar-refractivity contribution in [1.82, 2.24) is 10.2 Å². The van der Waals surface area contributed by atoms with Gasteiger partial charge in [-0.2, -0.15) is 0 Å². The van der Waals surface area contributed by atoms with Crippen LogP contribution in [0.4, 0.5) is 0 Å². The van der Waals surface area contributed by atoms with E-state index in [1.807, 2.05) is 54.6 Å². The molecule has 1 atom stereocenters. The van der Waals surface area contributed by atoms with Gasteiger partial charge in [0.25, 0.3) is 0 Å². The molecule has 0 saturated carbocycles. The van der Waals surface area contributed by atoms with Gasteiger partial charge < -0.3 is 15.8 Å². The Bertz CT molecular complexity index is 724. The molecule has 1 saturated heterocycles. The second-order valence-corrected chi connectivity index (χ2v) is 7.25. The lowest BCUT2D eigenvalue weighted by Gasteiger charge is -2.32. The van der Waals surface area contributed by atoms with Gasteiger partial charge in [0.2, 0.25) is 5.91 Å². The molecule has 1 aliphatic heterocycles. The van der Waals surface area contributed by atoms with Gasteiger partial charge in [-0.15, -0.1) is 24.8 Å². The van der Waals surface area contributed by atoms with E-state index in [0.29, 0.717) is 11.6 Å². The van der Waals surface area contributed by atoms with Crippen LogP contribution in [0.2, 0.25) is 5.02 Å². The van der Waals surface area contributed by atoms with Crippen molar-refractivity contribution in [1.29, 1.82) is 0 Å². The maximum Gasteiger partial charge on any atom is 0.241 e. The molecule has 0 bridgehead atoms. The van der Waals surface area contributed by atoms with E-state index in [4.69, 9.17) is 22.1 Å². The van der Waals surface area contributed by atoms with E-state index in [1.54, 1.807) is 0 Å². The van der Waals surface area contributed by atoms with Crippen LogP contribution in [0, 0.1) is 0 Å². The zero-order chi connectivity index (χ0) is 19.1. The summed E-state index contributed by atoms with van der Waals surface area (Å²) in [5, 5.41) is 3.80. The number of halogens is 3. The number of nitrogens with one attached hydrogen (secondary N) is 1. The van der Waals surface area contributed by atoms with Crippen molar-refractivity contribution in [3.8, 4) is 5.75 Å². The summed E-state index contributed by atoms with van der Waals surface area (Å²) in [5.74, 6) is 0.724. The number of carbonyl (C=O) groups excluding carboxylic acids is 1. The molecule has 2 aromatic rings. The second-order valence-electron chi connectivity index (χ2n) is 6.82. The average Bonchev–Trinajstić information content (AvgIpc) is 2.71. The summed E-state index contributed by atoms with van der Waals surface area (Å²) in [4.78, 5) is 14.7. The Morgan fingerprint density at radius 1 is 1.10 bits per heavy atom. The largest absolute Gasteiger partial charge is 0.492 e. The number of nitrogens with zero attached hydrogens (tertiary/aromatic N) is 1. The average molecular weight is 461 g/mol. The summed E-state index contributed by atoms with van der Waals surface area (Å²) in [6.07, 6.45) is 1.85. The van der Waals surface area contributed by atoms with Crippen LogP contribution >= 0.6 is 36.4 Å². The maximum atomic E-state index is 12.4. The number of benzene rings is 2. The first-order valence-corrected chi connectivity index (χ1v) is 9.71. The number of carbonyl (C=O) groups is 1. The van der Waals surface area contributed by atoms with Gasteiger partial charge in [0.1, 0.15) is 18.4 Å². The van der Waals surface area contributed by atoms with Crippen molar-refractivity contribution in [3.05, 3.63) is 65.2 Å². The van der Waals surface area contributed by atoms with E-state index < -0.39 is 6.04 Å². The Kier molecular flexibility index (Phi) is 11.4. The third kappa shape index (κ3) is 8.03. The Hall–Kier alpha value is -1.50. The Morgan fingerprint density at radius 3 is 2.34 bits per heavy atom. The molecule has 3 rings (SSSR count). The zero-order valence-electron chi connectivity index (χ0n) is 16.1. The van der Waals surface area contributed by atoms with E-state index >= 15 is 0 Å². The number of ether oxygens (including phenoxy) is 1. The van der Waals surface area contributed by atoms with Crippen LogP contribution in [0.15, 0.2) is 54.6 Å². The van der Waals surface area contributed by atoms with Gasteiger partial charge in [-0.25, -0.2) is 0 Å². The SMILES string of the molecule is Cl.Cl.NC(C(=O)NC1CCN(CCOc2ccc(Cl)cc2)CC1)c1ccccc1. The van der Waals surface area contributed by atoms with Crippen molar-refractivity contribution in [2.45, 2.75) is 24.9 Å². The quantitative estimate of drug-likeness (QED) is 0.659.